The molecule has 0 saturated heterocycles. The number of nitrogens with zero attached hydrogens (tertiary/aromatic N) is 3. The lowest BCUT2D eigenvalue weighted by Gasteiger charge is -2.00. The van der Waals surface area contributed by atoms with Crippen LogP contribution in [-0.2, 0) is 0 Å². The van der Waals surface area contributed by atoms with Crippen molar-refractivity contribution in [2.75, 3.05) is 5.73 Å². The zero-order valence-electron chi connectivity index (χ0n) is 8.59. The maximum absolute atomic E-state index is 12.9. The molecule has 6 heteroatoms. The van der Waals surface area contributed by atoms with Gasteiger partial charge in [-0.15, -0.1) is 0 Å². The maximum atomic E-state index is 12.9. The Bertz CT molecular complexity index is 662. The summed E-state index contributed by atoms with van der Waals surface area (Å²) in [6.07, 6.45) is 3.19. The van der Waals surface area contributed by atoms with Gasteiger partial charge < -0.3 is 5.73 Å². The van der Waals surface area contributed by atoms with Crippen molar-refractivity contribution in [2.24, 2.45) is 0 Å². The molecule has 1 aromatic carbocycles. The van der Waals surface area contributed by atoms with E-state index in [-0.39, 0.29) is 5.82 Å². The van der Waals surface area contributed by atoms with Crippen molar-refractivity contribution in [3.8, 4) is 10.6 Å². The van der Waals surface area contributed by atoms with Gasteiger partial charge in [-0.3, -0.25) is 0 Å². The third-order valence-electron chi connectivity index (χ3n) is 2.29. The van der Waals surface area contributed by atoms with E-state index >= 15 is 0 Å². The van der Waals surface area contributed by atoms with Crippen molar-refractivity contribution in [1.82, 2.24) is 15.0 Å². The van der Waals surface area contributed by atoms with Crippen molar-refractivity contribution < 1.29 is 4.39 Å². The molecule has 2 N–H and O–H groups in total. The lowest BCUT2D eigenvalue weighted by Crippen LogP contribution is -1.90. The predicted octanol–water partition coefficient (Wildman–Crippen LogP) is 2.47. The second-order valence-electron chi connectivity index (χ2n) is 3.44. The van der Waals surface area contributed by atoms with Crippen LogP contribution >= 0.6 is 11.3 Å². The molecule has 3 aromatic rings. The summed E-state index contributed by atoms with van der Waals surface area (Å²) in [5.41, 5.74) is 7.41. The molecule has 84 valence electrons. The van der Waals surface area contributed by atoms with Gasteiger partial charge in [0.1, 0.15) is 10.8 Å². The largest absolute Gasteiger partial charge is 0.398 e. The van der Waals surface area contributed by atoms with E-state index in [1.165, 1.54) is 23.5 Å². The van der Waals surface area contributed by atoms with E-state index in [4.69, 9.17) is 5.73 Å². The number of benzene rings is 1. The molecule has 0 fully saturated rings. The lowest BCUT2D eigenvalue weighted by atomic mass is 10.2. The number of hydrogen-bond donors (Lipinski definition) is 1. The molecule has 2 heterocycles. The fourth-order valence-corrected chi connectivity index (χ4v) is 2.44. The second-order valence-corrected chi connectivity index (χ2v) is 4.41. The number of fused-ring (bicyclic) bond motifs is 1. The quantitative estimate of drug-likeness (QED) is 0.670. The monoisotopic (exact) mass is 246 g/mol. The Labute approximate surface area is 100.0 Å². The fourth-order valence-electron chi connectivity index (χ4n) is 1.52. The van der Waals surface area contributed by atoms with E-state index in [2.05, 4.69) is 15.0 Å². The van der Waals surface area contributed by atoms with E-state index in [1.54, 1.807) is 18.5 Å². The zero-order valence-corrected chi connectivity index (χ0v) is 9.41. The van der Waals surface area contributed by atoms with Crippen molar-refractivity contribution in [2.45, 2.75) is 0 Å². The third-order valence-corrected chi connectivity index (χ3v) is 3.28. The van der Waals surface area contributed by atoms with Gasteiger partial charge in [0.15, 0.2) is 10.5 Å². The number of nitrogen functional groups attached to an aromatic ring is 1. The average Bonchev–Trinajstić information content (AvgIpc) is 2.72. The average molecular weight is 246 g/mol. The van der Waals surface area contributed by atoms with Crippen molar-refractivity contribution in [3.05, 3.63) is 36.4 Å². The van der Waals surface area contributed by atoms with Gasteiger partial charge in [0, 0.05) is 23.6 Å². The van der Waals surface area contributed by atoms with E-state index in [0.29, 0.717) is 21.9 Å². The molecule has 2 aromatic heterocycles. The highest BCUT2D eigenvalue weighted by Crippen LogP contribution is 2.31. The van der Waals surface area contributed by atoms with Crippen LogP contribution in [0.4, 0.5) is 10.1 Å². The number of thiazole rings is 1. The summed E-state index contributed by atoms with van der Waals surface area (Å²) in [6.45, 7) is 0. The predicted molar refractivity (Wildman–Crippen MR) is 65.0 cm³/mol. The third kappa shape index (κ3) is 1.72. The Morgan fingerprint density at radius 3 is 2.76 bits per heavy atom. The van der Waals surface area contributed by atoms with Crippen LogP contribution in [0.3, 0.4) is 0 Å². The smallest absolute Gasteiger partial charge is 0.190 e. The standard InChI is InChI=1S/C11H7FN4S/c12-6-1-2-7(8(13)5-6)10-16-9-11(17-10)15-4-3-14-9/h1-5H,13H2. The summed E-state index contributed by atoms with van der Waals surface area (Å²) in [5.74, 6) is -0.358. The van der Waals surface area contributed by atoms with Gasteiger partial charge >= 0.3 is 0 Å². The molecule has 0 aliphatic heterocycles. The Kier molecular flexibility index (Phi) is 2.22. The fraction of sp³-hybridized carbons (Fsp3) is 0. The van der Waals surface area contributed by atoms with Gasteiger partial charge in [0.25, 0.3) is 0 Å². The molecule has 3 rings (SSSR count). The number of rotatable bonds is 1. The van der Waals surface area contributed by atoms with Gasteiger partial charge in [0.05, 0.1) is 0 Å². The molecule has 0 saturated carbocycles. The Morgan fingerprint density at radius 2 is 2.00 bits per heavy atom. The molecule has 4 nitrogen and oxygen atoms in total. The van der Waals surface area contributed by atoms with E-state index in [9.17, 15) is 4.39 Å². The minimum absolute atomic E-state index is 0.358. The normalized spacial score (nSPS) is 10.9. The molecule has 0 unspecified atom stereocenters. The van der Waals surface area contributed by atoms with Crippen LogP contribution in [0.25, 0.3) is 21.0 Å². The molecule has 0 bridgehead atoms. The van der Waals surface area contributed by atoms with Crippen molar-refractivity contribution in [1.29, 1.82) is 0 Å². The molecule has 0 atom stereocenters. The van der Waals surface area contributed by atoms with Crippen LogP contribution in [0.2, 0.25) is 0 Å². The molecule has 0 spiro atoms. The van der Waals surface area contributed by atoms with Crippen LogP contribution in [-0.4, -0.2) is 15.0 Å². The summed E-state index contributed by atoms with van der Waals surface area (Å²) >= 11 is 1.38. The molecule has 17 heavy (non-hydrogen) atoms. The van der Waals surface area contributed by atoms with Gasteiger partial charge in [-0.1, -0.05) is 11.3 Å². The highest BCUT2D eigenvalue weighted by molar-refractivity contribution is 7.21. The zero-order chi connectivity index (χ0) is 11.8. The van der Waals surface area contributed by atoms with Crippen molar-refractivity contribution in [3.63, 3.8) is 0 Å². The highest BCUT2D eigenvalue weighted by Gasteiger charge is 2.10. The minimum atomic E-state index is -0.358. The summed E-state index contributed by atoms with van der Waals surface area (Å²) in [6, 6.07) is 4.25. The Morgan fingerprint density at radius 1 is 1.18 bits per heavy atom. The Hall–Kier alpha value is -2.08. The minimum Gasteiger partial charge on any atom is -0.398 e. The number of halogens is 1. The summed E-state index contributed by atoms with van der Waals surface area (Å²) in [7, 11) is 0. The van der Waals surface area contributed by atoms with Gasteiger partial charge in [-0.25, -0.2) is 19.3 Å². The number of nitrogens with two attached hydrogens (primary N) is 1. The topological polar surface area (TPSA) is 64.7 Å². The Balaban J connectivity index is 2.20. The van der Waals surface area contributed by atoms with Gasteiger partial charge in [0.2, 0.25) is 0 Å². The first-order chi connectivity index (χ1) is 8.24. The summed E-state index contributed by atoms with van der Waals surface area (Å²) < 4.78 is 12.9. The summed E-state index contributed by atoms with van der Waals surface area (Å²) in [4.78, 5) is 13.3. The molecular weight excluding hydrogens is 239 g/mol. The second kappa shape index (κ2) is 3.74. The molecular formula is C11H7FN4S. The van der Waals surface area contributed by atoms with Crippen LogP contribution in [0.15, 0.2) is 30.6 Å². The first-order valence-corrected chi connectivity index (χ1v) is 5.68. The summed E-state index contributed by atoms with van der Waals surface area (Å²) in [5, 5.41) is 0.698. The van der Waals surface area contributed by atoms with Gasteiger partial charge in [-0.05, 0) is 18.2 Å². The van der Waals surface area contributed by atoms with Crippen LogP contribution in [0, 0.1) is 5.82 Å². The molecule has 0 radical (unpaired) electrons. The van der Waals surface area contributed by atoms with Gasteiger partial charge in [-0.2, -0.15) is 0 Å². The first kappa shape index (κ1) is 10.1. The lowest BCUT2D eigenvalue weighted by molar-refractivity contribution is 0.628. The van der Waals surface area contributed by atoms with E-state index < -0.39 is 0 Å². The van der Waals surface area contributed by atoms with Crippen LogP contribution in [0.5, 0.6) is 0 Å². The van der Waals surface area contributed by atoms with E-state index in [1.807, 2.05) is 0 Å². The SMILES string of the molecule is Nc1cc(F)ccc1-c1nc2nccnc2s1. The van der Waals surface area contributed by atoms with Crippen LogP contribution in [0.1, 0.15) is 0 Å². The van der Waals surface area contributed by atoms with Crippen LogP contribution < -0.4 is 5.73 Å². The number of hydrogen-bond acceptors (Lipinski definition) is 5. The molecule has 0 aliphatic carbocycles. The highest BCUT2D eigenvalue weighted by atomic mass is 32.1. The van der Waals surface area contributed by atoms with E-state index in [0.717, 1.165) is 4.83 Å². The molecule has 0 aliphatic rings. The molecule has 0 amide bonds. The number of anilines is 1. The maximum Gasteiger partial charge on any atom is 0.190 e. The first-order valence-electron chi connectivity index (χ1n) is 4.87. The number of aromatic nitrogens is 3. The van der Waals surface area contributed by atoms with Crippen molar-refractivity contribution >= 4 is 27.5 Å².